The third-order valence-electron chi connectivity index (χ3n) is 3.90. The summed E-state index contributed by atoms with van der Waals surface area (Å²) in [6, 6.07) is 4.30. The molecule has 0 spiro atoms. The number of methoxy groups -OCH3 is 1. The van der Waals surface area contributed by atoms with Gasteiger partial charge < -0.3 is 9.47 Å². The summed E-state index contributed by atoms with van der Waals surface area (Å²) >= 11 is 0. The van der Waals surface area contributed by atoms with Crippen LogP contribution in [0.5, 0.6) is 0 Å². The maximum absolute atomic E-state index is 13.0. The van der Waals surface area contributed by atoms with E-state index in [1.54, 1.807) is 20.8 Å². The highest BCUT2D eigenvalue weighted by Crippen LogP contribution is 2.29. The lowest BCUT2D eigenvalue weighted by atomic mass is 9.95. The second-order valence-corrected chi connectivity index (χ2v) is 6.98. The zero-order chi connectivity index (χ0) is 18.8. The van der Waals surface area contributed by atoms with E-state index in [-0.39, 0.29) is 18.7 Å². The molecule has 1 amide bonds. The molecule has 1 unspecified atom stereocenters. The van der Waals surface area contributed by atoms with Crippen molar-refractivity contribution in [2.24, 2.45) is 5.92 Å². The molecule has 1 aliphatic heterocycles. The second kappa shape index (κ2) is 7.21. The molecule has 6 nitrogen and oxygen atoms in total. The smallest absolute Gasteiger partial charge is 0.411 e. The van der Waals surface area contributed by atoms with Crippen LogP contribution in [0.2, 0.25) is 0 Å². The van der Waals surface area contributed by atoms with Crippen LogP contribution in [0.4, 0.5) is 9.18 Å². The number of nitrogens with zero attached hydrogens (tertiary/aromatic N) is 1. The summed E-state index contributed by atoms with van der Waals surface area (Å²) in [5.74, 6) is -1.87. The van der Waals surface area contributed by atoms with Crippen molar-refractivity contribution in [3.8, 4) is 0 Å². The zero-order valence-corrected chi connectivity index (χ0v) is 14.7. The summed E-state index contributed by atoms with van der Waals surface area (Å²) < 4.78 is 23.1. The Morgan fingerprint density at radius 2 is 1.76 bits per heavy atom. The van der Waals surface area contributed by atoms with Crippen molar-refractivity contribution in [1.29, 1.82) is 0 Å². The first-order valence-electron chi connectivity index (χ1n) is 7.99. The fourth-order valence-corrected chi connectivity index (χ4v) is 2.76. The minimum Gasteiger partial charge on any atom is -0.467 e. The molecule has 25 heavy (non-hydrogen) atoms. The lowest BCUT2D eigenvalue weighted by Gasteiger charge is -2.27. The molecule has 2 rings (SSSR count). The number of esters is 1. The summed E-state index contributed by atoms with van der Waals surface area (Å²) in [7, 11) is 1.23. The van der Waals surface area contributed by atoms with E-state index in [1.807, 2.05) is 0 Å². The van der Waals surface area contributed by atoms with Gasteiger partial charge in [-0.15, -0.1) is 0 Å². The Hall–Kier alpha value is -2.44. The van der Waals surface area contributed by atoms with Gasteiger partial charge in [-0.3, -0.25) is 9.69 Å². The number of carbonyl (C=O) groups is 3. The third kappa shape index (κ3) is 4.55. The first-order valence-corrected chi connectivity index (χ1v) is 7.99. The third-order valence-corrected chi connectivity index (χ3v) is 3.90. The molecule has 136 valence electrons. The summed E-state index contributed by atoms with van der Waals surface area (Å²) in [4.78, 5) is 38.2. The summed E-state index contributed by atoms with van der Waals surface area (Å²) in [6.07, 6.45) is -0.528. The van der Waals surface area contributed by atoms with Crippen LogP contribution in [0.15, 0.2) is 24.3 Å². The number of hydrogen-bond donors (Lipinski definition) is 0. The van der Waals surface area contributed by atoms with Crippen molar-refractivity contribution < 1.29 is 28.2 Å². The lowest BCUT2D eigenvalue weighted by Crippen LogP contribution is -2.43. The first-order chi connectivity index (χ1) is 11.6. The summed E-state index contributed by atoms with van der Waals surface area (Å²) in [5, 5.41) is 0. The molecule has 0 N–H and O–H groups in total. The van der Waals surface area contributed by atoms with E-state index < -0.39 is 35.4 Å². The molecular weight excluding hydrogens is 329 g/mol. The number of ether oxygens (including phenoxy) is 2. The van der Waals surface area contributed by atoms with Gasteiger partial charge in [-0.2, -0.15) is 0 Å². The predicted octanol–water partition coefficient (Wildman–Crippen LogP) is 2.81. The van der Waals surface area contributed by atoms with Gasteiger partial charge in [0.25, 0.3) is 0 Å². The number of amides is 1. The minimum absolute atomic E-state index is 0.0465. The molecule has 0 radical (unpaired) electrons. The maximum Gasteiger partial charge on any atom is 0.411 e. The highest BCUT2D eigenvalue weighted by molar-refractivity contribution is 5.99. The van der Waals surface area contributed by atoms with Gasteiger partial charge in [0.2, 0.25) is 0 Å². The molecule has 1 heterocycles. The minimum atomic E-state index is -0.880. The number of likely N-dealkylation sites (tertiary alicyclic amines) is 1. The van der Waals surface area contributed by atoms with E-state index in [9.17, 15) is 18.8 Å². The fraction of sp³-hybridized carbons (Fsp3) is 0.500. The Balaban J connectivity index is 2.20. The van der Waals surface area contributed by atoms with Gasteiger partial charge in [0.15, 0.2) is 5.78 Å². The van der Waals surface area contributed by atoms with Gasteiger partial charge in [-0.25, -0.2) is 14.0 Å². The van der Waals surface area contributed by atoms with E-state index in [1.165, 1.54) is 36.3 Å². The van der Waals surface area contributed by atoms with E-state index in [0.717, 1.165) is 0 Å². The Kier molecular flexibility index (Phi) is 5.45. The number of carbonyl (C=O) groups excluding carboxylic acids is 3. The number of halogens is 1. The van der Waals surface area contributed by atoms with Crippen molar-refractivity contribution in [1.82, 2.24) is 4.90 Å². The average molecular weight is 351 g/mol. The van der Waals surface area contributed by atoms with Crippen molar-refractivity contribution in [3.05, 3.63) is 35.6 Å². The number of benzene rings is 1. The van der Waals surface area contributed by atoms with Crippen LogP contribution in [0.3, 0.4) is 0 Å². The predicted molar refractivity (Wildman–Crippen MR) is 87.6 cm³/mol. The van der Waals surface area contributed by atoms with Crippen LogP contribution in [-0.2, 0) is 14.3 Å². The molecule has 1 aliphatic rings. The normalized spacial score (nSPS) is 20.3. The van der Waals surface area contributed by atoms with Crippen LogP contribution in [0, 0.1) is 11.7 Å². The quantitative estimate of drug-likeness (QED) is 0.618. The molecule has 1 aromatic rings. The number of Topliss-reactive ketones (excluding diaryl/α,β-unsaturated/α-hetero) is 1. The Bertz CT molecular complexity index is 665. The average Bonchev–Trinajstić information content (AvgIpc) is 2.98. The van der Waals surface area contributed by atoms with Crippen LogP contribution >= 0.6 is 0 Å². The summed E-state index contributed by atoms with van der Waals surface area (Å²) in [6.45, 7) is 5.20. The van der Waals surface area contributed by atoms with Crippen molar-refractivity contribution >= 4 is 17.8 Å². The van der Waals surface area contributed by atoms with Crippen molar-refractivity contribution in [2.75, 3.05) is 13.7 Å². The Labute approximate surface area is 145 Å². The molecule has 0 bridgehead atoms. The SMILES string of the molecule is COC(=O)[C@H]1CC(C(=O)c2ccc(F)cc2)CN1C(=O)OC(C)(C)C. The van der Waals surface area contributed by atoms with E-state index in [4.69, 9.17) is 9.47 Å². The van der Waals surface area contributed by atoms with Gasteiger partial charge >= 0.3 is 12.1 Å². The van der Waals surface area contributed by atoms with E-state index >= 15 is 0 Å². The van der Waals surface area contributed by atoms with E-state index in [2.05, 4.69) is 0 Å². The van der Waals surface area contributed by atoms with E-state index in [0.29, 0.717) is 5.56 Å². The van der Waals surface area contributed by atoms with Crippen LogP contribution < -0.4 is 0 Å². The molecule has 0 aromatic heterocycles. The van der Waals surface area contributed by atoms with Crippen molar-refractivity contribution in [3.63, 3.8) is 0 Å². The first kappa shape index (κ1) is 18.9. The Morgan fingerprint density at radius 1 is 1.16 bits per heavy atom. The van der Waals surface area contributed by atoms with Gasteiger partial charge in [0, 0.05) is 18.0 Å². The van der Waals surface area contributed by atoms with Crippen molar-refractivity contribution in [2.45, 2.75) is 38.8 Å². The molecule has 2 atom stereocenters. The summed E-state index contributed by atoms with van der Waals surface area (Å²) in [5.41, 5.74) is -0.391. The molecule has 1 fully saturated rings. The molecular formula is C18H22FNO5. The highest BCUT2D eigenvalue weighted by atomic mass is 19.1. The molecule has 0 saturated carbocycles. The largest absolute Gasteiger partial charge is 0.467 e. The van der Waals surface area contributed by atoms with Gasteiger partial charge in [0.05, 0.1) is 7.11 Å². The monoisotopic (exact) mass is 351 g/mol. The fourth-order valence-electron chi connectivity index (χ4n) is 2.76. The van der Waals surface area contributed by atoms with Gasteiger partial charge in [-0.1, -0.05) is 0 Å². The molecule has 0 aliphatic carbocycles. The van der Waals surface area contributed by atoms with Crippen LogP contribution in [-0.4, -0.2) is 48.0 Å². The number of rotatable bonds is 3. The molecule has 7 heteroatoms. The topological polar surface area (TPSA) is 72.9 Å². The Morgan fingerprint density at radius 3 is 2.28 bits per heavy atom. The lowest BCUT2D eigenvalue weighted by molar-refractivity contribution is -0.145. The highest BCUT2D eigenvalue weighted by Gasteiger charge is 2.44. The van der Waals surface area contributed by atoms with Gasteiger partial charge in [0.1, 0.15) is 17.5 Å². The zero-order valence-electron chi connectivity index (χ0n) is 14.7. The van der Waals surface area contributed by atoms with Crippen LogP contribution in [0.25, 0.3) is 0 Å². The maximum atomic E-state index is 13.0. The molecule has 1 saturated heterocycles. The number of ketones is 1. The number of hydrogen-bond acceptors (Lipinski definition) is 5. The van der Waals surface area contributed by atoms with Gasteiger partial charge in [-0.05, 0) is 51.5 Å². The van der Waals surface area contributed by atoms with Crippen LogP contribution in [0.1, 0.15) is 37.6 Å². The second-order valence-electron chi connectivity index (χ2n) is 6.98. The molecule has 1 aromatic carbocycles. The standard InChI is InChI=1S/C18H22FNO5/c1-18(2,3)25-17(23)20-10-12(9-14(20)16(22)24-4)15(21)11-5-7-13(19)8-6-11/h5-8,12,14H,9-10H2,1-4H3/t12?,14-/m1/s1.